The molecule has 1 fully saturated rings. The summed E-state index contributed by atoms with van der Waals surface area (Å²) >= 11 is 0. The van der Waals surface area contributed by atoms with Crippen molar-refractivity contribution in [1.82, 2.24) is 16.0 Å². The molecule has 0 aliphatic carbocycles. The first-order valence-electron chi connectivity index (χ1n) is 17.3. The number of unbranched alkanes of at least 4 members (excludes halogenated alkanes) is 2. The van der Waals surface area contributed by atoms with Crippen LogP contribution in [-0.2, 0) is 35.2 Å². The summed E-state index contributed by atoms with van der Waals surface area (Å²) < 4.78 is 31.2. The van der Waals surface area contributed by atoms with Gasteiger partial charge in [-0.25, -0.2) is 14.0 Å². The lowest BCUT2D eigenvalue weighted by molar-refractivity contribution is -0.300. The standard InChI is InChI=1S/C38H44FN3O12/c1-23(43)41-32-29(42-37(51)52-22-24-10-4-2-5-11-24)20-38(36(49)50,53-19-9-3-6-14-31(45)46)54-34(32)33(47)30(44)21-40-35(48)26-17-15-25(16-18-26)27-12-7-8-13-28(27)39/h2,4-5,7-8,10-13,15-18,29-30,32-34,44,47H,3,6,9,14,19-22H2,1H3,(H,40,48)(H,41,43)(H,42,51)(H,45,46)(H,49,50)/t29-,30+,32+,33+,34+,38+/m0/s1. The third-order valence-electron chi connectivity index (χ3n) is 8.72. The highest BCUT2D eigenvalue weighted by atomic mass is 19.1. The molecule has 54 heavy (non-hydrogen) atoms. The van der Waals surface area contributed by atoms with Crippen molar-refractivity contribution in [2.75, 3.05) is 13.2 Å². The lowest BCUT2D eigenvalue weighted by atomic mass is 9.86. The van der Waals surface area contributed by atoms with Gasteiger partial charge in [-0.1, -0.05) is 67.1 Å². The van der Waals surface area contributed by atoms with E-state index in [0.29, 0.717) is 29.5 Å². The molecule has 6 atom stereocenters. The summed E-state index contributed by atoms with van der Waals surface area (Å²) in [7, 11) is 0. The second-order valence-electron chi connectivity index (χ2n) is 12.8. The number of carbonyl (C=O) groups excluding carboxylic acids is 3. The number of hydrogen-bond donors (Lipinski definition) is 7. The van der Waals surface area contributed by atoms with Crippen LogP contribution >= 0.6 is 0 Å². The van der Waals surface area contributed by atoms with Crippen molar-refractivity contribution in [2.45, 2.75) is 81.8 Å². The van der Waals surface area contributed by atoms with Gasteiger partial charge < -0.3 is 50.6 Å². The van der Waals surface area contributed by atoms with Crippen LogP contribution in [0.15, 0.2) is 78.9 Å². The molecule has 3 aromatic carbocycles. The Morgan fingerprint density at radius 2 is 1.59 bits per heavy atom. The molecule has 0 radical (unpaired) electrons. The highest BCUT2D eigenvalue weighted by Gasteiger charge is 2.56. The lowest BCUT2D eigenvalue weighted by Crippen LogP contribution is -2.71. The van der Waals surface area contributed by atoms with Crippen LogP contribution in [0.4, 0.5) is 9.18 Å². The number of carboxylic acids is 2. The maximum absolute atomic E-state index is 14.2. The van der Waals surface area contributed by atoms with E-state index >= 15 is 0 Å². The highest BCUT2D eigenvalue weighted by molar-refractivity contribution is 5.94. The number of aliphatic hydroxyl groups excluding tert-OH is 2. The van der Waals surface area contributed by atoms with Crippen LogP contribution in [-0.4, -0.2) is 99.6 Å². The fourth-order valence-corrected chi connectivity index (χ4v) is 5.96. The molecule has 0 unspecified atom stereocenters. The molecular weight excluding hydrogens is 709 g/mol. The van der Waals surface area contributed by atoms with Crippen molar-refractivity contribution in [3.05, 3.63) is 95.8 Å². The molecule has 7 N–H and O–H groups in total. The summed E-state index contributed by atoms with van der Waals surface area (Å²) in [5.74, 6) is -6.89. The van der Waals surface area contributed by atoms with Gasteiger partial charge in [0, 0.05) is 37.4 Å². The molecule has 16 heteroatoms. The number of nitrogens with one attached hydrogen (secondary N) is 3. The Balaban J connectivity index is 1.52. The van der Waals surface area contributed by atoms with Gasteiger partial charge in [0.25, 0.3) is 11.7 Å². The Bertz CT molecular complexity index is 1740. The minimum atomic E-state index is -2.52. The lowest BCUT2D eigenvalue weighted by Gasteiger charge is -2.48. The zero-order valence-corrected chi connectivity index (χ0v) is 29.5. The molecule has 0 spiro atoms. The van der Waals surface area contributed by atoms with Crippen molar-refractivity contribution >= 4 is 29.8 Å². The summed E-state index contributed by atoms with van der Waals surface area (Å²) in [5, 5.41) is 49.4. The predicted molar refractivity (Wildman–Crippen MR) is 189 cm³/mol. The van der Waals surface area contributed by atoms with E-state index in [9.17, 15) is 43.7 Å². The number of carbonyl (C=O) groups is 5. The van der Waals surface area contributed by atoms with E-state index in [1.807, 2.05) is 0 Å². The molecule has 3 aromatic rings. The normalized spacial score (nSPS) is 20.6. The molecule has 1 aliphatic rings. The minimum absolute atomic E-state index is 0.0995. The summed E-state index contributed by atoms with van der Waals surface area (Å²) in [6.45, 7) is 0.214. The third kappa shape index (κ3) is 11.5. The van der Waals surface area contributed by atoms with Crippen LogP contribution in [0.5, 0.6) is 0 Å². The van der Waals surface area contributed by atoms with Gasteiger partial charge in [0.05, 0.1) is 24.8 Å². The smallest absolute Gasteiger partial charge is 0.407 e. The SMILES string of the molecule is CC(=O)N[C@H]1[C@H]([C@H](O)[C@H](O)CNC(=O)c2ccc(-c3ccccc3F)cc2)O[C@@](OCCCCCC(=O)O)(C(=O)O)C[C@@H]1NC(=O)OCc1ccccc1. The van der Waals surface area contributed by atoms with E-state index in [-0.39, 0.29) is 31.6 Å². The fourth-order valence-electron chi connectivity index (χ4n) is 5.96. The number of ether oxygens (including phenoxy) is 3. The van der Waals surface area contributed by atoms with E-state index in [4.69, 9.17) is 19.3 Å². The topological polar surface area (TPSA) is 230 Å². The zero-order chi connectivity index (χ0) is 39.3. The van der Waals surface area contributed by atoms with Crippen LogP contribution < -0.4 is 16.0 Å². The number of amides is 3. The second kappa shape index (κ2) is 19.6. The van der Waals surface area contributed by atoms with E-state index in [1.54, 1.807) is 60.7 Å². The Labute approximate surface area is 310 Å². The van der Waals surface area contributed by atoms with Crippen LogP contribution in [0.3, 0.4) is 0 Å². The Morgan fingerprint density at radius 1 is 0.907 bits per heavy atom. The van der Waals surface area contributed by atoms with Crippen LogP contribution in [0.25, 0.3) is 11.1 Å². The van der Waals surface area contributed by atoms with Crippen LogP contribution in [0.2, 0.25) is 0 Å². The Morgan fingerprint density at radius 3 is 2.24 bits per heavy atom. The second-order valence-corrected chi connectivity index (χ2v) is 12.8. The van der Waals surface area contributed by atoms with Gasteiger partial charge in [-0.2, -0.15) is 0 Å². The summed E-state index contributed by atoms with van der Waals surface area (Å²) in [6, 6.07) is 18.2. The number of rotatable bonds is 18. The maximum Gasteiger partial charge on any atom is 0.407 e. The van der Waals surface area contributed by atoms with Gasteiger partial charge in [-0.05, 0) is 42.2 Å². The molecule has 290 valence electrons. The van der Waals surface area contributed by atoms with E-state index in [1.165, 1.54) is 18.2 Å². The number of alkyl carbamates (subject to hydrolysis) is 1. The average Bonchev–Trinajstić information content (AvgIpc) is 3.15. The monoisotopic (exact) mass is 753 g/mol. The predicted octanol–water partition coefficient (Wildman–Crippen LogP) is 2.98. The number of hydrogen-bond acceptors (Lipinski definition) is 10. The molecule has 1 heterocycles. The van der Waals surface area contributed by atoms with E-state index in [0.717, 1.165) is 6.92 Å². The van der Waals surface area contributed by atoms with Crippen molar-refractivity contribution in [3.63, 3.8) is 0 Å². The number of aliphatic carboxylic acids is 2. The summed E-state index contributed by atoms with van der Waals surface area (Å²) in [6.07, 6.45) is -6.28. The Hall–Kier alpha value is -5.42. The van der Waals surface area contributed by atoms with Crippen LogP contribution in [0.1, 0.15) is 54.9 Å². The van der Waals surface area contributed by atoms with Gasteiger partial charge in [0.1, 0.15) is 24.6 Å². The van der Waals surface area contributed by atoms with Gasteiger partial charge in [-0.3, -0.25) is 14.4 Å². The third-order valence-corrected chi connectivity index (χ3v) is 8.72. The van der Waals surface area contributed by atoms with Crippen molar-refractivity contribution in [1.29, 1.82) is 0 Å². The molecule has 4 rings (SSSR count). The van der Waals surface area contributed by atoms with Gasteiger partial charge in [0.2, 0.25) is 5.91 Å². The average molecular weight is 754 g/mol. The Kier molecular flexibility index (Phi) is 15.0. The summed E-state index contributed by atoms with van der Waals surface area (Å²) in [5.41, 5.74) is 1.67. The van der Waals surface area contributed by atoms with Crippen molar-refractivity contribution in [2.24, 2.45) is 0 Å². The van der Waals surface area contributed by atoms with Gasteiger partial charge in [-0.15, -0.1) is 0 Å². The van der Waals surface area contributed by atoms with Gasteiger partial charge >= 0.3 is 18.0 Å². The number of halogens is 1. The van der Waals surface area contributed by atoms with Crippen molar-refractivity contribution < 1.29 is 63.0 Å². The first kappa shape index (κ1) is 41.3. The largest absolute Gasteiger partial charge is 0.481 e. The van der Waals surface area contributed by atoms with E-state index in [2.05, 4.69) is 16.0 Å². The van der Waals surface area contributed by atoms with Crippen molar-refractivity contribution in [3.8, 4) is 11.1 Å². The molecular formula is C38H44FN3O12. The zero-order valence-electron chi connectivity index (χ0n) is 29.5. The molecule has 1 aliphatic heterocycles. The number of carboxylic acid groups (broad SMARTS) is 2. The van der Waals surface area contributed by atoms with Crippen LogP contribution in [0, 0.1) is 5.82 Å². The molecule has 3 amide bonds. The molecule has 1 saturated heterocycles. The molecule has 15 nitrogen and oxygen atoms in total. The molecule has 0 saturated carbocycles. The summed E-state index contributed by atoms with van der Waals surface area (Å²) in [4.78, 5) is 62.1. The number of aliphatic hydroxyl groups is 2. The fraction of sp³-hybridized carbons (Fsp3) is 0.395. The van der Waals surface area contributed by atoms with E-state index < -0.39 is 84.8 Å². The number of benzene rings is 3. The first-order chi connectivity index (χ1) is 25.8. The molecule has 0 aromatic heterocycles. The maximum atomic E-state index is 14.2. The molecule has 0 bridgehead atoms. The highest BCUT2D eigenvalue weighted by Crippen LogP contribution is 2.34. The van der Waals surface area contributed by atoms with Gasteiger partial charge in [0.15, 0.2) is 0 Å². The quantitative estimate of drug-likeness (QED) is 0.0931. The minimum Gasteiger partial charge on any atom is -0.481 e. The first-order valence-corrected chi connectivity index (χ1v) is 17.3.